The van der Waals surface area contributed by atoms with Crippen molar-refractivity contribution in [3.8, 4) is 5.75 Å². The van der Waals surface area contributed by atoms with E-state index >= 15 is 0 Å². The standard InChI is InChI=1S/C14H22N2O2/c1-5-14(3,6-2)16-13(17)10-8-7-9-11(18-4)12(10)15/h7-9H,5-6,15H2,1-4H3,(H,16,17). The predicted molar refractivity (Wildman–Crippen MR) is 73.9 cm³/mol. The number of ether oxygens (including phenoxy) is 1. The molecule has 0 aliphatic heterocycles. The normalized spacial score (nSPS) is 11.1. The number of anilines is 1. The molecule has 100 valence electrons. The van der Waals surface area contributed by atoms with Crippen LogP contribution in [-0.4, -0.2) is 18.6 Å². The van der Waals surface area contributed by atoms with Crippen LogP contribution >= 0.6 is 0 Å². The third kappa shape index (κ3) is 2.94. The summed E-state index contributed by atoms with van der Waals surface area (Å²) in [6.45, 7) is 6.14. The molecule has 0 aromatic heterocycles. The molecule has 0 saturated carbocycles. The van der Waals surface area contributed by atoms with Gasteiger partial charge in [0.1, 0.15) is 5.75 Å². The van der Waals surface area contributed by atoms with Crippen LogP contribution < -0.4 is 15.8 Å². The largest absolute Gasteiger partial charge is 0.495 e. The number of rotatable bonds is 5. The van der Waals surface area contributed by atoms with Gasteiger partial charge in [0.15, 0.2) is 0 Å². The number of para-hydroxylation sites is 1. The van der Waals surface area contributed by atoms with Crippen LogP contribution in [0, 0.1) is 0 Å². The number of amides is 1. The first-order valence-electron chi connectivity index (χ1n) is 6.22. The van der Waals surface area contributed by atoms with Crippen LogP contribution in [0.25, 0.3) is 0 Å². The quantitative estimate of drug-likeness (QED) is 0.789. The topological polar surface area (TPSA) is 64.3 Å². The number of nitrogens with two attached hydrogens (primary N) is 1. The van der Waals surface area contributed by atoms with Crippen LogP contribution in [0.1, 0.15) is 44.0 Å². The average Bonchev–Trinajstić information content (AvgIpc) is 2.38. The zero-order chi connectivity index (χ0) is 13.8. The molecule has 4 nitrogen and oxygen atoms in total. The lowest BCUT2D eigenvalue weighted by Gasteiger charge is -2.28. The molecule has 0 spiro atoms. The highest BCUT2D eigenvalue weighted by Crippen LogP contribution is 2.25. The van der Waals surface area contributed by atoms with Gasteiger partial charge in [0.2, 0.25) is 0 Å². The minimum absolute atomic E-state index is 0.155. The molecule has 0 fully saturated rings. The van der Waals surface area contributed by atoms with Crippen molar-refractivity contribution in [1.29, 1.82) is 0 Å². The van der Waals surface area contributed by atoms with Gasteiger partial charge in [-0.05, 0) is 31.9 Å². The lowest BCUT2D eigenvalue weighted by Crippen LogP contribution is -2.45. The van der Waals surface area contributed by atoms with Crippen molar-refractivity contribution in [2.75, 3.05) is 12.8 Å². The summed E-state index contributed by atoms with van der Waals surface area (Å²) in [6, 6.07) is 5.21. The van der Waals surface area contributed by atoms with E-state index in [4.69, 9.17) is 10.5 Å². The van der Waals surface area contributed by atoms with E-state index in [-0.39, 0.29) is 11.4 Å². The maximum absolute atomic E-state index is 12.2. The van der Waals surface area contributed by atoms with E-state index < -0.39 is 0 Å². The van der Waals surface area contributed by atoms with Gasteiger partial charge >= 0.3 is 0 Å². The molecule has 0 atom stereocenters. The predicted octanol–water partition coefficient (Wildman–Crippen LogP) is 2.59. The van der Waals surface area contributed by atoms with Crippen LogP contribution in [0.2, 0.25) is 0 Å². The van der Waals surface area contributed by atoms with Crippen LogP contribution in [0.15, 0.2) is 18.2 Å². The van der Waals surface area contributed by atoms with E-state index in [0.29, 0.717) is 17.0 Å². The van der Waals surface area contributed by atoms with E-state index in [0.717, 1.165) is 12.8 Å². The Hall–Kier alpha value is -1.71. The van der Waals surface area contributed by atoms with Crippen LogP contribution in [0.4, 0.5) is 5.69 Å². The molecular formula is C14H22N2O2. The Balaban J connectivity index is 2.98. The number of hydrogen-bond acceptors (Lipinski definition) is 3. The van der Waals surface area contributed by atoms with Gasteiger partial charge in [0.05, 0.1) is 18.4 Å². The van der Waals surface area contributed by atoms with Gasteiger partial charge < -0.3 is 15.8 Å². The summed E-state index contributed by atoms with van der Waals surface area (Å²) >= 11 is 0. The average molecular weight is 250 g/mol. The van der Waals surface area contributed by atoms with E-state index in [9.17, 15) is 4.79 Å². The van der Waals surface area contributed by atoms with Crippen molar-refractivity contribution in [3.63, 3.8) is 0 Å². The highest BCUT2D eigenvalue weighted by Gasteiger charge is 2.24. The summed E-state index contributed by atoms with van der Waals surface area (Å²) in [5.41, 5.74) is 6.55. The smallest absolute Gasteiger partial charge is 0.253 e. The van der Waals surface area contributed by atoms with Crippen molar-refractivity contribution in [2.45, 2.75) is 39.2 Å². The molecule has 3 N–H and O–H groups in total. The maximum Gasteiger partial charge on any atom is 0.253 e. The molecule has 1 rings (SSSR count). The molecule has 0 radical (unpaired) electrons. The minimum Gasteiger partial charge on any atom is -0.495 e. The molecule has 0 saturated heterocycles. The van der Waals surface area contributed by atoms with Gasteiger partial charge in [-0.1, -0.05) is 19.9 Å². The Morgan fingerprint density at radius 3 is 2.50 bits per heavy atom. The fraction of sp³-hybridized carbons (Fsp3) is 0.500. The molecule has 1 amide bonds. The Labute approximate surface area is 109 Å². The fourth-order valence-electron chi connectivity index (χ4n) is 1.69. The number of benzene rings is 1. The van der Waals surface area contributed by atoms with Gasteiger partial charge in [-0.2, -0.15) is 0 Å². The highest BCUT2D eigenvalue weighted by molar-refractivity contribution is 6.00. The van der Waals surface area contributed by atoms with Gasteiger partial charge in [0, 0.05) is 5.54 Å². The van der Waals surface area contributed by atoms with E-state index in [1.54, 1.807) is 18.2 Å². The zero-order valence-corrected chi connectivity index (χ0v) is 11.5. The van der Waals surface area contributed by atoms with Gasteiger partial charge in [0.25, 0.3) is 5.91 Å². The van der Waals surface area contributed by atoms with Crippen molar-refractivity contribution in [1.82, 2.24) is 5.32 Å². The molecule has 0 heterocycles. The Morgan fingerprint density at radius 1 is 1.39 bits per heavy atom. The monoisotopic (exact) mass is 250 g/mol. The molecule has 0 bridgehead atoms. The number of nitrogens with one attached hydrogen (secondary N) is 1. The zero-order valence-electron chi connectivity index (χ0n) is 11.5. The first-order chi connectivity index (χ1) is 8.47. The van der Waals surface area contributed by atoms with Crippen molar-refractivity contribution in [2.24, 2.45) is 0 Å². The van der Waals surface area contributed by atoms with E-state index in [2.05, 4.69) is 19.2 Å². The molecule has 4 heteroatoms. The third-order valence-corrected chi connectivity index (χ3v) is 3.51. The first-order valence-corrected chi connectivity index (χ1v) is 6.22. The summed E-state index contributed by atoms with van der Waals surface area (Å²) in [5.74, 6) is 0.370. The Bertz CT molecular complexity index is 426. The maximum atomic E-state index is 12.2. The first kappa shape index (κ1) is 14.4. The number of hydrogen-bond donors (Lipinski definition) is 2. The van der Waals surface area contributed by atoms with Crippen molar-refractivity contribution >= 4 is 11.6 Å². The van der Waals surface area contributed by atoms with E-state index in [1.165, 1.54) is 7.11 Å². The second kappa shape index (κ2) is 5.76. The SMILES string of the molecule is CCC(C)(CC)NC(=O)c1cccc(OC)c1N. The van der Waals surface area contributed by atoms with E-state index in [1.807, 2.05) is 6.92 Å². The molecule has 0 unspecified atom stereocenters. The summed E-state index contributed by atoms with van der Waals surface area (Å²) in [6.07, 6.45) is 1.75. The molecule has 0 aliphatic carbocycles. The molecular weight excluding hydrogens is 228 g/mol. The molecule has 1 aromatic carbocycles. The highest BCUT2D eigenvalue weighted by atomic mass is 16.5. The van der Waals surface area contributed by atoms with Crippen LogP contribution in [-0.2, 0) is 0 Å². The lowest BCUT2D eigenvalue weighted by molar-refractivity contribution is 0.0901. The summed E-state index contributed by atoms with van der Waals surface area (Å²) in [5, 5.41) is 3.03. The van der Waals surface area contributed by atoms with Crippen LogP contribution in [0.3, 0.4) is 0 Å². The summed E-state index contributed by atoms with van der Waals surface area (Å²) < 4.78 is 5.11. The van der Waals surface area contributed by atoms with Gasteiger partial charge in [-0.3, -0.25) is 4.79 Å². The minimum atomic E-state index is -0.202. The Kier molecular flexibility index (Phi) is 4.59. The number of carbonyl (C=O) groups excluding carboxylic acids is 1. The van der Waals surface area contributed by atoms with Gasteiger partial charge in [-0.15, -0.1) is 0 Å². The number of carbonyl (C=O) groups is 1. The number of methoxy groups -OCH3 is 1. The summed E-state index contributed by atoms with van der Waals surface area (Å²) in [4.78, 5) is 12.2. The van der Waals surface area contributed by atoms with Crippen LogP contribution in [0.5, 0.6) is 5.75 Å². The third-order valence-electron chi connectivity index (χ3n) is 3.51. The van der Waals surface area contributed by atoms with Gasteiger partial charge in [-0.25, -0.2) is 0 Å². The molecule has 18 heavy (non-hydrogen) atoms. The fourth-order valence-corrected chi connectivity index (χ4v) is 1.69. The van der Waals surface area contributed by atoms with Crippen molar-refractivity contribution in [3.05, 3.63) is 23.8 Å². The second-order valence-corrected chi connectivity index (χ2v) is 4.64. The van der Waals surface area contributed by atoms with Crippen molar-refractivity contribution < 1.29 is 9.53 Å². The lowest BCUT2D eigenvalue weighted by atomic mass is 9.95. The number of nitrogen functional groups attached to an aromatic ring is 1. The molecule has 0 aliphatic rings. The molecule has 1 aromatic rings. The summed E-state index contributed by atoms with van der Waals surface area (Å²) in [7, 11) is 1.54. The second-order valence-electron chi connectivity index (χ2n) is 4.64. The Morgan fingerprint density at radius 2 is 2.00 bits per heavy atom.